The first-order chi connectivity index (χ1) is 17.0. The topological polar surface area (TPSA) is 61.8 Å². The van der Waals surface area contributed by atoms with Gasteiger partial charge in [-0.05, 0) is 37.8 Å². The minimum atomic E-state index is -3.46. The summed E-state index contributed by atoms with van der Waals surface area (Å²) in [6.07, 6.45) is 20.8. The van der Waals surface area contributed by atoms with Crippen LogP contribution in [0.1, 0.15) is 122 Å². The number of nitrogens with zero attached hydrogens (tertiary/aromatic N) is 2. The van der Waals surface area contributed by atoms with Crippen LogP contribution >= 0.6 is 11.6 Å². The van der Waals surface area contributed by atoms with Crippen LogP contribution in [0.4, 0.5) is 0 Å². The first kappa shape index (κ1) is 30.0. The summed E-state index contributed by atoms with van der Waals surface area (Å²) in [5.74, 6) is 0.740. The number of likely N-dealkylation sites (tertiary alicyclic amines) is 1. The maximum absolute atomic E-state index is 12.6. The lowest BCUT2D eigenvalue weighted by Gasteiger charge is -2.30. The van der Waals surface area contributed by atoms with Gasteiger partial charge in [-0.2, -0.15) is 0 Å². The number of sulfonamides is 1. The van der Waals surface area contributed by atoms with E-state index in [-0.39, 0.29) is 5.75 Å². The summed E-state index contributed by atoms with van der Waals surface area (Å²) in [6.45, 7) is 4.00. The fraction of sp³-hybridized carbons (Fsp3) is 0.750. The molecule has 35 heavy (non-hydrogen) atoms. The van der Waals surface area contributed by atoms with Crippen LogP contribution < -0.4 is 4.83 Å². The first-order valence-corrected chi connectivity index (χ1v) is 16.1. The first-order valence-electron chi connectivity index (χ1n) is 14.1. The Labute approximate surface area is 220 Å². The second kappa shape index (κ2) is 18.0. The molecular weight excluding hydrogens is 478 g/mol. The van der Waals surface area contributed by atoms with Crippen LogP contribution in [-0.2, 0) is 10.0 Å². The van der Waals surface area contributed by atoms with Gasteiger partial charge in [0.05, 0.1) is 10.8 Å². The number of piperidine rings is 1. The van der Waals surface area contributed by atoms with Crippen molar-refractivity contribution in [2.24, 2.45) is 5.10 Å². The molecule has 1 aromatic carbocycles. The van der Waals surface area contributed by atoms with Gasteiger partial charge in [-0.15, -0.1) is 5.10 Å². The average molecular weight is 526 g/mol. The molecule has 1 heterocycles. The van der Waals surface area contributed by atoms with Gasteiger partial charge < -0.3 is 4.90 Å². The molecule has 0 radical (unpaired) electrons. The van der Waals surface area contributed by atoms with E-state index >= 15 is 0 Å². The Kier molecular flexibility index (Phi) is 15.4. The third kappa shape index (κ3) is 13.0. The standard InChI is InChI=1S/C28H48ClN3O2S/c1-2-3-4-5-6-7-8-9-10-11-12-13-14-20-25-35(33,34)31-30-28(32-23-18-15-19-24-32)26-21-16-17-22-27(26)29/h16-17,21-22,31H,2-15,18-20,23-25H2,1H3/b30-28-. The zero-order valence-electron chi connectivity index (χ0n) is 21.9. The molecule has 1 aromatic rings. The van der Waals surface area contributed by atoms with Crippen LogP contribution in [0.3, 0.4) is 0 Å². The van der Waals surface area contributed by atoms with Crippen LogP contribution in [0.25, 0.3) is 0 Å². The van der Waals surface area contributed by atoms with E-state index < -0.39 is 10.0 Å². The van der Waals surface area contributed by atoms with E-state index in [1.165, 1.54) is 77.0 Å². The van der Waals surface area contributed by atoms with Gasteiger partial charge in [-0.25, -0.2) is 13.2 Å². The van der Waals surface area contributed by atoms with Crippen molar-refractivity contribution in [1.82, 2.24) is 9.73 Å². The van der Waals surface area contributed by atoms with Crippen molar-refractivity contribution in [3.05, 3.63) is 34.9 Å². The molecule has 0 spiro atoms. The molecule has 0 aliphatic carbocycles. The molecule has 7 heteroatoms. The molecule has 1 fully saturated rings. The van der Waals surface area contributed by atoms with Gasteiger partial charge in [0.1, 0.15) is 0 Å². The van der Waals surface area contributed by atoms with Crippen molar-refractivity contribution in [3.8, 4) is 0 Å². The summed E-state index contributed by atoms with van der Waals surface area (Å²) >= 11 is 6.41. The number of hydrogen-bond donors (Lipinski definition) is 1. The number of unbranched alkanes of at least 4 members (excludes halogenated alkanes) is 13. The fourth-order valence-electron chi connectivity index (χ4n) is 4.69. The summed E-state index contributed by atoms with van der Waals surface area (Å²) in [5, 5.41) is 4.94. The van der Waals surface area contributed by atoms with E-state index in [0.717, 1.165) is 44.3 Å². The summed E-state index contributed by atoms with van der Waals surface area (Å²) in [4.78, 5) is 4.63. The highest BCUT2D eigenvalue weighted by Gasteiger charge is 2.20. The maximum atomic E-state index is 12.6. The Morgan fingerprint density at radius 1 is 0.829 bits per heavy atom. The van der Waals surface area contributed by atoms with E-state index in [4.69, 9.17) is 11.6 Å². The molecule has 1 N–H and O–H groups in total. The lowest BCUT2D eigenvalue weighted by Crippen LogP contribution is -2.38. The monoisotopic (exact) mass is 525 g/mol. The third-order valence-corrected chi connectivity index (χ3v) is 8.35. The molecule has 0 amide bonds. The van der Waals surface area contributed by atoms with Crippen LogP contribution in [-0.4, -0.2) is 38.0 Å². The quantitative estimate of drug-likeness (QED) is 0.0916. The summed E-state index contributed by atoms with van der Waals surface area (Å²) in [5.41, 5.74) is 0.773. The second-order valence-electron chi connectivity index (χ2n) is 9.97. The van der Waals surface area contributed by atoms with Crippen molar-refractivity contribution >= 4 is 27.5 Å². The van der Waals surface area contributed by atoms with Crippen molar-refractivity contribution < 1.29 is 8.42 Å². The molecule has 200 valence electrons. The fourth-order valence-corrected chi connectivity index (χ4v) is 5.82. The minimum Gasteiger partial charge on any atom is -0.355 e. The molecule has 0 atom stereocenters. The lowest BCUT2D eigenvalue weighted by molar-refractivity contribution is 0.341. The Hall–Kier alpha value is -1.27. The number of rotatable bonds is 18. The smallest absolute Gasteiger partial charge is 0.247 e. The predicted molar refractivity (Wildman–Crippen MR) is 151 cm³/mol. The molecule has 0 aromatic heterocycles. The van der Waals surface area contributed by atoms with Gasteiger partial charge in [0.25, 0.3) is 0 Å². The zero-order valence-corrected chi connectivity index (χ0v) is 23.5. The third-order valence-electron chi connectivity index (χ3n) is 6.83. The molecule has 2 rings (SSSR count). The van der Waals surface area contributed by atoms with Gasteiger partial charge in [0, 0.05) is 18.7 Å². The molecule has 1 saturated heterocycles. The largest absolute Gasteiger partial charge is 0.355 e. The van der Waals surface area contributed by atoms with Crippen molar-refractivity contribution in [2.75, 3.05) is 18.8 Å². The van der Waals surface area contributed by atoms with E-state index in [1.54, 1.807) is 0 Å². The van der Waals surface area contributed by atoms with E-state index in [9.17, 15) is 8.42 Å². The Morgan fingerprint density at radius 3 is 1.89 bits per heavy atom. The van der Waals surface area contributed by atoms with Crippen molar-refractivity contribution in [1.29, 1.82) is 0 Å². The van der Waals surface area contributed by atoms with Crippen LogP contribution in [0.2, 0.25) is 5.02 Å². The SMILES string of the molecule is CCCCCCCCCCCCCCCCS(=O)(=O)N/N=C(/c1ccccc1Cl)N1CCCCC1. The molecule has 1 aliphatic heterocycles. The Balaban J connectivity index is 1.64. The van der Waals surface area contributed by atoms with Crippen LogP contribution in [0.15, 0.2) is 29.4 Å². The normalized spacial score (nSPS) is 14.9. The van der Waals surface area contributed by atoms with Crippen LogP contribution in [0, 0.1) is 0 Å². The van der Waals surface area contributed by atoms with Crippen molar-refractivity contribution in [2.45, 2.75) is 116 Å². The van der Waals surface area contributed by atoms with Crippen LogP contribution in [0.5, 0.6) is 0 Å². The van der Waals surface area contributed by atoms with Gasteiger partial charge >= 0.3 is 0 Å². The summed E-state index contributed by atoms with van der Waals surface area (Å²) in [6, 6.07) is 7.50. The number of hydrogen-bond acceptors (Lipinski definition) is 3. The van der Waals surface area contributed by atoms with E-state index in [1.807, 2.05) is 24.3 Å². The number of amidine groups is 1. The Morgan fingerprint density at radius 2 is 1.34 bits per heavy atom. The second-order valence-corrected chi connectivity index (χ2v) is 12.2. The average Bonchev–Trinajstić information content (AvgIpc) is 2.86. The lowest BCUT2D eigenvalue weighted by atomic mass is 10.0. The molecule has 1 aliphatic rings. The number of halogens is 1. The van der Waals surface area contributed by atoms with Gasteiger partial charge in [-0.1, -0.05) is 114 Å². The molecule has 5 nitrogen and oxygen atoms in total. The molecule has 0 unspecified atom stereocenters. The Bertz CT molecular complexity index is 823. The highest BCUT2D eigenvalue weighted by molar-refractivity contribution is 7.89. The molecule has 0 bridgehead atoms. The highest BCUT2D eigenvalue weighted by atomic mass is 35.5. The highest BCUT2D eigenvalue weighted by Crippen LogP contribution is 2.20. The van der Waals surface area contributed by atoms with Crippen molar-refractivity contribution in [3.63, 3.8) is 0 Å². The summed E-state index contributed by atoms with van der Waals surface area (Å²) in [7, 11) is -3.46. The number of hydrazone groups is 1. The zero-order chi connectivity index (χ0) is 25.2. The van der Waals surface area contributed by atoms with Gasteiger partial charge in [0.2, 0.25) is 10.0 Å². The maximum Gasteiger partial charge on any atom is 0.247 e. The predicted octanol–water partition coefficient (Wildman–Crippen LogP) is 7.89. The number of nitrogens with one attached hydrogen (secondary N) is 1. The number of benzene rings is 1. The summed E-state index contributed by atoms with van der Waals surface area (Å²) < 4.78 is 25.2. The van der Waals surface area contributed by atoms with Gasteiger partial charge in [0.15, 0.2) is 5.84 Å². The van der Waals surface area contributed by atoms with E-state index in [2.05, 4.69) is 21.8 Å². The molecular formula is C28H48ClN3O2S. The molecule has 0 saturated carbocycles. The van der Waals surface area contributed by atoms with E-state index in [0.29, 0.717) is 17.3 Å². The van der Waals surface area contributed by atoms with Gasteiger partial charge in [-0.3, -0.25) is 0 Å². The minimum absolute atomic E-state index is 0.115.